The predicted octanol–water partition coefficient (Wildman–Crippen LogP) is 15.5. The van der Waals surface area contributed by atoms with Gasteiger partial charge >= 0.3 is 0 Å². The molecular formula is C59H39N3. The van der Waals surface area contributed by atoms with Gasteiger partial charge in [-0.3, -0.25) is 0 Å². The van der Waals surface area contributed by atoms with E-state index in [4.69, 9.17) is 15.0 Å². The van der Waals surface area contributed by atoms with E-state index in [0.29, 0.717) is 17.5 Å². The molecular weight excluding hydrogens is 751 g/mol. The first kappa shape index (κ1) is 36.8. The zero-order valence-corrected chi connectivity index (χ0v) is 33.9. The molecule has 0 spiro atoms. The average molecular weight is 790 g/mol. The van der Waals surface area contributed by atoms with Crippen molar-refractivity contribution < 1.29 is 0 Å². The summed E-state index contributed by atoms with van der Waals surface area (Å²) in [6.45, 7) is 0. The Morgan fingerprint density at radius 2 is 0.516 bits per heavy atom. The van der Waals surface area contributed by atoms with Crippen molar-refractivity contribution in [1.29, 1.82) is 0 Å². The van der Waals surface area contributed by atoms with Crippen molar-refractivity contribution in [2.75, 3.05) is 0 Å². The van der Waals surface area contributed by atoms with Crippen LogP contribution >= 0.6 is 0 Å². The number of fused-ring (bicyclic) bond motifs is 2. The van der Waals surface area contributed by atoms with E-state index in [9.17, 15) is 0 Å². The summed E-state index contributed by atoms with van der Waals surface area (Å²) in [5.41, 5.74) is 14.5. The van der Waals surface area contributed by atoms with Crippen LogP contribution in [0.5, 0.6) is 0 Å². The number of hydrogen-bond acceptors (Lipinski definition) is 3. The molecule has 62 heavy (non-hydrogen) atoms. The Hall–Kier alpha value is -8.27. The molecule has 11 aromatic rings. The van der Waals surface area contributed by atoms with Gasteiger partial charge in [0.15, 0.2) is 17.5 Å². The van der Waals surface area contributed by atoms with Crippen LogP contribution in [-0.4, -0.2) is 15.0 Å². The van der Waals surface area contributed by atoms with Crippen molar-refractivity contribution in [1.82, 2.24) is 15.0 Å². The van der Waals surface area contributed by atoms with Gasteiger partial charge in [0.25, 0.3) is 0 Å². The highest BCUT2D eigenvalue weighted by Crippen LogP contribution is 2.43. The lowest BCUT2D eigenvalue weighted by Gasteiger charge is -2.17. The Balaban J connectivity index is 1.07. The molecule has 0 bridgehead atoms. The zero-order valence-electron chi connectivity index (χ0n) is 33.9. The summed E-state index contributed by atoms with van der Waals surface area (Å²) in [6, 6.07) is 83.7. The van der Waals surface area contributed by atoms with Crippen molar-refractivity contribution in [3.8, 4) is 89.8 Å². The highest BCUT2D eigenvalue weighted by Gasteiger charge is 2.19. The fourth-order valence-electron chi connectivity index (χ4n) is 8.77. The van der Waals surface area contributed by atoms with E-state index in [1.807, 2.05) is 24.3 Å². The molecule has 0 saturated carbocycles. The molecule has 3 heteroatoms. The minimum Gasteiger partial charge on any atom is -0.208 e. The summed E-state index contributed by atoms with van der Waals surface area (Å²) < 4.78 is 0. The van der Waals surface area contributed by atoms with Gasteiger partial charge in [0.2, 0.25) is 0 Å². The van der Waals surface area contributed by atoms with Crippen molar-refractivity contribution >= 4 is 21.5 Å². The maximum Gasteiger partial charge on any atom is 0.164 e. The lowest BCUT2D eigenvalue weighted by Crippen LogP contribution is -2.01. The monoisotopic (exact) mass is 789 g/mol. The first-order valence-corrected chi connectivity index (χ1v) is 21.0. The molecule has 0 radical (unpaired) electrons. The second kappa shape index (κ2) is 16.1. The fourth-order valence-corrected chi connectivity index (χ4v) is 8.77. The average Bonchev–Trinajstić information content (AvgIpc) is 3.36. The normalized spacial score (nSPS) is 11.2. The number of hydrogen-bond donors (Lipinski definition) is 0. The van der Waals surface area contributed by atoms with Gasteiger partial charge in [-0.2, -0.15) is 0 Å². The van der Waals surface area contributed by atoms with Crippen LogP contribution in [0.15, 0.2) is 237 Å². The highest BCUT2D eigenvalue weighted by atomic mass is 15.0. The molecule has 0 saturated heterocycles. The second-order valence-corrected chi connectivity index (χ2v) is 15.5. The van der Waals surface area contributed by atoms with Crippen LogP contribution in [-0.2, 0) is 0 Å². The van der Waals surface area contributed by atoms with E-state index >= 15 is 0 Å². The lowest BCUT2D eigenvalue weighted by molar-refractivity contribution is 1.08. The van der Waals surface area contributed by atoms with E-state index in [-0.39, 0.29) is 0 Å². The maximum atomic E-state index is 5.27. The maximum absolute atomic E-state index is 5.27. The molecule has 0 unspecified atom stereocenters. The SMILES string of the molecule is c1ccc(-c2cc(-c3ccccc3)cc(-c3ccc(-c4ccc(-c5nc(-c6ccccc6)nc(-c6ccccc6-c6ccccc6)n5)c5ccccc45)c4ccccc34)c2)cc1. The van der Waals surface area contributed by atoms with Gasteiger partial charge in [-0.25, -0.2) is 15.0 Å². The van der Waals surface area contributed by atoms with Crippen LogP contribution in [0.4, 0.5) is 0 Å². The third-order valence-corrected chi connectivity index (χ3v) is 11.8. The summed E-state index contributed by atoms with van der Waals surface area (Å²) in [5.74, 6) is 1.90. The number of rotatable bonds is 8. The van der Waals surface area contributed by atoms with Gasteiger partial charge < -0.3 is 0 Å². The zero-order chi connectivity index (χ0) is 41.2. The molecule has 0 aliphatic carbocycles. The molecule has 0 amide bonds. The second-order valence-electron chi connectivity index (χ2n) is 15.5. The summed E-state index contributed by atoms with van der Waals surface area (Å²) in [5, 5.41) is 4.61. The predicted molar refractivity (Wildman–Crippen MR) is 258 cm³/mol. The van der Waals surface area contributed by atoms with Gasteiger partial charge in [-0.05, 0) is 101 Å². The van der Waals surface area contributed by atoms with E-state index < -0.39 is 0 Å². The molecule has 1 aromatic heterocycles. The third kappa shape index (κ3) is 6.92. The number of benzene rings is 10. The Morgan fingerprint density at radius 1 is 0.177 bits per heavy atom. The number of aromatic nitrogens is 3. The van der Waals surface area contributed by atoms with Gasteiger partial charge in [0.05, 0.1) is 0 Å². The van der Waals surface area contributed by atoms with E-state index in [1.165, 1.54) is 49.7 Å². The molecule has 10 aromatic carbocycles. The summed E-state index contributed by atoms with van der Waals surface area (Å²) in [7, 11) is 0. The van der Waals surface area contributed by atoms with Crippen molar-refractivity contribution in [2.24, 2.45) is 0 Å². The number of nitrogens with zero attached hydrogens (tertiary/aromatic N) is 3. The summed E-state index contributed by atoms with van der Waals surface area (Å²) >= 11 is 0. The lowest BCUT2D eigenvalue weighted by atomic mass is 9.87. The Kier molecular flexibility index (Phi) is 9.53. The molecule has 11 rings (SSSR count). The molecule has 3 nitrogen and oxygen atoms in total. The van der Waals surface area contributed by atoms with Crippen LogP contribution in [0.3, 0.4) is 0 Å². The summed E-state index contributed by atoms with van der Waals surface area (Å²) in [6.07, 6.45) is 0. The Labute approximate surface area is 361 Å². The third-order valence-electron chi connectivity index (χ3n) is 11.8. The standard InChI is InChI=1S/C59H39N3/c1-5-19-40(20-6-1)44-37-45(41-21-7-2-8-22-41)39-46(38-44)48-33-34-53(50-29-15-14-28-49(48)50)54-35-36-56(52-31-17-16-30-51(52)54)59-61-57(43-25-11-4-12-26-43)60-58(62-59)55-32-18-13-27-47(55)42-23-9-3-10-24-42/h1-39H. The van der Waals surface area contributed by atoms with Crippen molar-refractivity contribution in [3.63, 3.8) is 0 Å². The fraction of sp³-hybridized carbons (Fsp3) is 0. The molecule has 0 atom stereocenters. The quantitative estimate of drug-likeness (QED) is 0.154. The van der Waals surface area contributed by atoms with Gasteiger partial charge in [-0.1, -0.05) is 212 Å². The Bertz CT molecular complexity index is 3320. The molecule has 0 N–H and O–H groups in total. The van der Waals surface area contributed by atoms with Gasteiger partial charge in [-0.15, -0.1) is 0 Å². The minimum atomic E-state index is 0.632. The molecule has 0 aliphatic rings. The van der Waals surface area contributed by atoms with E-state index in [0.717, 1.165) is 44.2 Å². The van der Waals surface area contributed by atoms with Crippen molar-refractivity contribution in [3.05, 3.63) is 237 Å². The van der Waals surface area contributed by atoms with Gasteiger partial charge in [0.1, 0.15) is 0 Å². The van der Waals surface area contributed by atoms with E-state index in [1.54, 1.807) is 0 Å². The van der Waals surface area contributed by atoms with E-state index in [2.05, 4.69) is 212 Å². The van der Waals surface area contributed by atoms with Crippen LogP contribution < -0.4 is 0 Å². The molecule has 0 aliphatic heterocycles. The van der Waals surface area contributed by atoms with Crippen molar-refractivity contribution in [2.45, 2.75) is 0 Å². The first-order chi connectivity index (χ1) is 30.7. The van der Waals surface area contributed by atoms with Gasteiger partial charge in [0, 0.05) is 16.7 Å². The molecule has 1 heterocycles. The Morgan fingerprint density at radius 3 is 1.05 bits per heavy atom. The largest absolute Gasteiger partial charge is 0.208 e. The smallest absolute Gasteiger partial charge is 0.164 e. The van der Waals surface area contributed by atoms with Crippen LogP contribution in [0.25, 0.3) is 111 Å². The minimum absolute atomic E-state index is 0.632. The summed E-state index contributed by atoms with van der Waals surface area (Å²) in [4.78, 5) is 15.6. The topological polar surface area (TPSA) is 38.7 Å². The van der Waals surface area contributed by atoms with Crippen LogP contribution in [0.2, 0.25) is 0 Å². The molecule has 0 fully saturated rings. The first-order valence-electron chi connectivity index (χ1n) is 21.0. The highest BCUT2D eigenvalue weighted by molar-refractivity contribution is 6.12. The van der Waals surface area contributed by atoms with Crippen LogP contribution in [0, 0.1) is 0 Å². The van der Waals surface area contributed by atoms with Crippen LogP contribution in [0.1, 0.15) is 0 Å². The molecule has 290 valence electrons.